The van der Waals surface area contributed by atoms with Crippen LogP contribution in [0.3, 0.4) is 0 Å². The summed E-state index contributed by atoms with van der Waals surface area (Å²) in [5, 5.41) is 2.92. The first-order valence-corrected chi connectivity index (χ1v) is 9.41. The van der Waals surface area contributed by atoms with Gasteiger partial charge in [-0.1, -0.05) is 24.3 Å². The predicted molar refractivity (Wildman–Crippen MR) is 87.3 cm³/mol. The first-order chi connectivity index (χ1) is 10.4. The van der Waals surface area contributed by atoms with Gasteiger partial charge in [0.05, 0.1) is 11.5 Å². The third-order valence-electron chi connectivity index (χ3n) is 4.26. The highest BCUT2D eigenvalue weighted by atomic mass is 32.2. The summed E-state index contributed by atoms with van der Waals surface area (Å²) in [6, 6.07) is 8.02. The van der Waals surface area contributed by atoms with Crippen molar-refractivity contribution in [3.63, 3.8) is 0 Å². The van der Waals surface area contributed by atoms with Crippen LogP contribution in [-0.2, 0) is 21.2 Å². The molecule has 6 heteroatoms. The van der Waals surface area contributed by atoms with Gasteiger partial charge in [0.25, 0.3) is 0 Å². The first kappa shape index (κ1) is 17.0. The molecule has 1 atom stereocenters. The lowest BCUT2D eigenvalue weighted by atomic mass is 10.1. The first-order valence-electron chi connectivity index (χ1n) is 7.59. The summed E-state index contributed by atoms with van der Waals surface area (Å²) in [6.07, 6.45) is 1.06. The molecule has 2 rings (SSSR count). The van der Waals surface area contributed by atoms with E-state index in [2.05, 4.69) is 5.32 Å². The Labute approximate surface area is 132 Å². The van der Waals surface area contributed by atoms with Crippen LogP contribution in [0.2, 0.25) is 0 Å². The summed E-state index contributed by atoms with van der Waals surface area (Å²) in [6.45, 7) is 3.14. The second kappa shape index (κ2) is 7.24. The van der Waals surface area contributed by atoms with Gasteiger partial charge in [-0.15, -0.1) is 0 Å². The van der Waals surface area contributed by atoms with Gasteiger partial charge < -0.3 is 10.2 Å². The zero-order valence-electron chi connectivity index (χ0n) is 13.2. The molecule has 1 saturated heterocycles. The van der Waals surface area contributed by atoms with E-state index in [0.29, 0.717) is 25.9 Å². The number of aryl methyl sites for hydroxylation is 1. The number of hydrogen-bond acceptors (Lipinski definition) is 4. The number of amides is 1. The van der Waals surface area contributed by atoms with Crippen LogP contribution in [0.25, 0.3) is 0 Å². The summed E-state index contributed by atoms with van der Waals surface area (Å²) in [5.74, 6) is 0.478. The van der Waals surface area contributed by atoms with E-state index in [1.807, 2.05) is 43.1 Å². The van der Waals surface area contributed by atoms with Crippen molar-refractivity contribution in [2.45, 2.75) is 32.4 Å². The molecule has 1 unspecified atom stereocenters. The van der Waals surface area contributed by atoms with Crippen molar-refractivity contribution in [2.75, 3.05) is 25.1 Å². The van der Waals surface area contributed by atoms with Gasteiger partial charge >= 0.3 is 0 Å². The molecule has 0 bridgehead atoms. The largest absolute Gasteiger partial charge is 0.352 e. The van der Waals surface area contributed by atoms with Crippen LogP contribution in [0.15, 0.2) is 24.3 Å². The molecule has 0 spiro atoms. The molecule has 1 aromatic rings. The molecule has 1 amide bonds. The van der Waals surface area contributed by atoms with Gasteiger partial charge in [0.1, 0.15) is 0 Å². The average molecular weight is 324 g/mol. The molecule has 0 radical (unpaired) electrons. The molecule has 122 valence electrons. The zero-order valence-corrected chi connectivity index (χ0v) is 14.0. The number of hydrogen-bond donors (Lipinski definition) is 1. The molecule has 0 aliphatic carbocycles. The maximum Gasteiger partial charge on any atom is 0.221 e. The fraction of sp³-hybridized carbons (Fsp3) is 0.562. The summed E-state index contributed by atoms with van der Waals surface area (Å²) in [5.41, 5.74) is 2.28. The number of rotatable bonds is 6. The van der Waals surface area contributed by atoms with Crippen molar-refractivity contribution < 1.29 is 13.2 Å². The molecule has 1 aliphatic rings. The fourth-order valence-electron chi connectivity index (χ4n) is 2.67. The van der Waals surface area contributed by atoms with Gasteiger partial charge in [-0.2, -0.15) is 0 Å². The van der Waals surface area contributed by atoms with Crippen LogP contribution in [0, 0.1) is 6.92 Å². The highest BCUT2D eigenvalue weighted by Gasteiger charge is 2.30. The normalized spacial score (nSPS) is 20.2. The lowest BCUT2D eigenvalue weighted by Crippen LogP contribution is -2.36. The van der Waals surface area contributed by atoms with Crippen molar-refractivity contribution in [2.24, 2.45) is 0 Å². The number of nitrogens with zero attached hydrogens (tertiary/aromatic N) is 1. The second-order valence-corrected chi connectivity index (χ2v) is 8.22. The number of nitrogens with one attached hydrogen (secondary N) is 1. The third kappa shape index (κ3) is 4.81. The molecular formula is C16H24N2O3S. The Morgan fingerprint density at radius 2 is 2.09 bits per heavy atom. The molecule has 0 saturated carbocycles. The standard InChI is InChI=1S/C16H24N2O3S/c1-13-5-3-4-6-14(13)11-17-16(19)7-9-18(2)15-8-10-22(20,21)12-15/h3-6,15H,7-12H2,1-2H3,(H,17,19). The Balaban J connectivity index is 1.73. The highest BCUT2D eigenvalue weighted by Crippen LogP contribution is 2.16. The van der Waals surface area contributed by atoms with Crippen molar-refractivity contribution in [3.05, 3.63) is 35.4 Å². The molecule has 1 aliphatic heterocycles. The second-order valence-electron chi connectivity index (χ2n) is 5.99. The quantitative estimate of drug-likeness (QED) is 0.851. The Morgan fingerprint density at radius 3 is 2.73 bits per heavy atom. The Morgan fingerprint density at radius 1 is 1.36 bits per heavy atom. The smallest absolute Gasteiger partial charge is 0.221 e. The van der Waals surface area contributed by atoms with Crippen molar-refractivity contribution in [3.8, 4) is 0 Å². The predicted octanol–water partition coefficient (Wildman–Crippen LogP) is 1.12. The molecule has 1 aromatic carbocycles. The highest BCUT2D eigenvalue weighted by molar-refractivity contribution is 7.91. The summed E-state index contributed by atoms with van der Waals surface area (Å²) in [7, 11) is -0.983. The van der Waals surface area contributed by atoms with Gasteiger partial charge in [0.15, 0.2) is 9.84 Å². The summed E-state index contributed by atoms with van der Waals surface area (Å²) >= 11 is 0. The SMILES string of the molecule is Cc1ccccc1CNC(=O)CCN(C)C1CCS(=O)(=O)C1. The minimum Gasteiger partial charge on any atom is -0.352 e. The molecule has 1 N–H and O–H groups in total. The van der Waals surface area contributed by atoms with Crippen LogP contribution in [0.5, 0.6) is 0 Å². The van der Waals surface area contributed by atoms with Crippen LogP contribution in [0.4, 0.5) is 0 Å². The number of benzene rings is 1. The molecular weight excluding hydrogens is 300 g/mol. The molecule has 5 nitrogen and oxygen atoms in total. The van der Waals surface area contributed by atoms with E-state index in [4.69, 9.17) is 0 Å². The molecule has 1 heterocycles. The monoisotopic (exact) mass is 324 g/mol. The maximum atomic E-state index is 11.9. The van der Waals surface area contributed by atoms with E-state index in [-0.39, 0.29) is 23.5 Å². The lowest BCUT2D eigenvalue weighted by molar-refractivity contribution is -0.121. The van der Waals surface area contributed by atoms with E-state index in [1.54, 1.807) is 0 Å². The van der Waals surface area contributed by atoms with Crippen LogP contribution < -0.4 is 5.32 Å². The van der Waals surface area contributed by atoms with Crippen molar-refractivity contribution in [1.82, 2.24) is 10.2 Å². The minimum atomic E-state index is -2.87. The third-order valence-corrected chi connectivity index (χ3v) is 6.01. The van der Waals surface area contributed by atoms with E-state index < -0.39 is 9.84 Å². The van der Waals surface area contributed by atoms with Gasteiger partial charge in [0, 0.05) is 25.6 Å². The van der Waals surface area contributed by atoms with E-state index in [1.165, 1.54) is 0 Å². The Hall–Kier alpha value is -1.40. The average Bonchev–Trinajstić information content (AvgIpc) is 2.84. The van der Waals surface area contributed by atoms with Crippen LogP contribution in [0.1, 0.15) is 24.0 Å². The Kier molecular flexibility index (Phi) is 5.58. The van der Waals surface area contributed by atoms with E-state index in [0.717, 1.165) is 11.1 Å². The van der Waals surface area contributed by atoms with E-state index in [9.17, 15) is 13.2 Å². The molecule has 0 aromatic heterocycles. The van der Waals surface area contributed by atoms with Gasteiger partial charge in [-0.3, -0.25) is 4.79 Å². The van der Waals surface area contributed by atoms with Gasteiger partial charge in [-0.25, -0.2) is 8.42 Å². The molecule has 22 heavy (non-hydrogen) atoms. The Bertz CT molecular complexity index is 628. The minimum absolute atomic E-state index is 0.00374. The lowest BCUT2D eigenvalue weighted by Gasteiger charge is -2.22. The van der Waals surface area contributed by atoms with Crippen molar-refractivity contribution >= 4 is 15.7 Å². The van der Waals surface area contributed by atoms with E-state index >= 15 is 0 Å². The summed E-state index contributed by atoms with van der Waals surface area (Å²) < 4.78 is 22.9. The fourth-order valence-corrected chi connectivity index (χ4v) is 4.48. The summed E-state index contributed by atoms with van der Waals surface area (Å²) in [4.78, 5) is 13.9. The zero-order chi connectivity index (χ0) is 16.2. The number of carbonyl (C=O) groups excluding carboxylic acids is 1. The van der Waals surface area contributed by atoms with Crippen molar-refractivity contribution in [1.29, 1.82) is 0 Å². The topological polar surface area (TPSA) is 66.5 Å². The molecule has 1 fully saturated rings. The number of sulfone groups is 1. The van der Waals surface area contributed by atoms with Crippen LogP contribution >= 0.6 is 0 Å². The number of carbonyl (C=O) groups is 1. The van der Waals surface area contributed by atoms with Gasteiger partial charge in [-0.05, 0) is 31.5 Å². The maximum absolute atomic E-state index is 11.9. The van der Waals surface area contributed by atoms with Crippen LogP contribution in [-0.4, -0.2) is 50.4 Å². The van der Waals surface area contributed by atoms with Gasteiger partial charge in [0.2, 0.25) is 5.91 Å².